The number of hydrogen-bond acceptors (Lipinski definition) is 9. The standard InChI is InChI=1S/C18H17F2N3O5S/c19-10-3-9-4-12(8-26-16(9)13(20)5-10)23-11(1-2-21)7-22-18(23)27-15(24)6-14(29)17(25)28-18/h3,5,7,12,22H,1-2,4,6,8,21H2/t12-,18?/m1/s1. The molecule has 0 radical (unpaired) electrons. The lowest BCUT2D eigenvalue weighted by atomic mass is 10.00. The number of nitrogens with two attached hydrogens (primary N) is 1. The fourth-order valence-corrected chi connectivity index (χ4v) is 3.82. The van der Waals surface area contributed by atoms with Crippen LogP contribution in [0.15, 0.2) is 24.0 Å². The second-order valence-electron chi connectivity index (χ2n) is 6.78. The monoisotopic (exact) mass is 425 g/mol. The van der Waals surface area contributed by atoms with E-state index in [0.717, 1.165) is 6.07 Å². The minimum Gasteiger partial charge on any atom is -0.488 e. The maximum Gasteiger partial charge on any atom is 0.436 e. The van der Waals surface area contributed by atoms with Crippen molar-refractivity contribution >= 4 is 29.0 Å². The zero-order valence-corrected chi connectivity index (χ0v) is 15.9. The summed E-state index contributed by atoms with van der Waals surface area (Å²) in [6, 6.07) is -0.638. The molecule has 1 spiro atoms. The minimum absolute atomic E-state index is 0.0273. The van der Waals surface area contributed by atoms with Crippen molar-refractivity contribution in [1.29, 1.82) is 0 Å². The number of carbonyl (C=O) groups excluding carboxylic acids is 2. The smallest absolute Gasteiger partial charge is 0.436 e. The second-order valence-corrected chi connectivity index (χ2v) is 7.27. The summed E-state index contributed by atoms with van der Waals surface area (Å²) in [6.07, 6.45) is 1.63. The number of rotatable bonds is 3. The van der Waals surface area contributed by atoms with Crippen LogP contribution in [0.4, 0.5) is 8.78 Å². The molecular weight excluding hydrogens is 408 g/mol. The Labute approximate surface area is 169 Å². The van der Waals surface area contributed by atoms with Crippen molar-refractivity contribution in [1.82, 2.24) is 10.2 Å². The van der Waals surface area contributed by atoms with E-state index >= 15 is 0 Å². The van der Waals surface area contributed by atoms with E-state index in [1.165, 1.54) is 17.2 Å². The van der Waals surface area contributed by atoms with Crippen LogP contribution in [0.1, 0.15) is 18.4 Å². The predicted molar refractivity (Wildman–Crippen MR) is 98.2 cm³/mol. The molecule has 1 unspecified atom stereocenters. The van der Waals surface area contributed by atoms with Crippen LogP contribution in [0.2, 0.25) is 0 Å². The largest absolute Gasteiger partial charge is 0.488 e. The van der Waals surface area contributed by atoms with Gasteiger partial charge in [0.2, 0.25) is 0 Å². The van der Waals surface area contributed by atoms with Gasteiger partial charge in [-0.1, -0.05) is 12.2 Å². The molecule has 0 amide bonds. The Morgan fingerprint density at radius 2 is 2.10 bits per heavy atom. The first-order chi connectivity index (χ1) is 13.8. The van der Waals surface area contributed by atoms with Crippen LogP contribution in [0.5, 0.6) is 5.75 Å². The molecule has 3 N–H and O–H groups in total. The third kappa shape index (κ3) is 3.40. The molecule has 3 aliphatic rings. The highest BCUT2D eigenvalue weighted by Crippen LogP contribution is 2.38. The van der Waals surface area contributed by atoms with Gasteiger partial charge < -0.3 is 19.9 Å². The average molecular weight is 425 g/mol. The first-order valence-electron chi connectivity index (χ1n) is 8.88. The third-order valence-electron chi connectivity index (χ3n) is 4.79. The van der Waals surface area contributed by atoms with Crippen molar-refractivity contribution in [3.8, 4) is 5.75 Å². The van der Waals surface area contributed by atoms with Gasteiger partial charge >= 0.3 is 18.0 Å². The van der Waals surface area contributed by atoms with E-state index in [9.17, 15) is 18.4 Å². The molecule has 154 valence electrons. The van der Waals surface area contributed by atoms with Crippen LogP contribution < -0.4 is 15.8 Å². The number of fused-ring (bicyclic) bond motifs is 1. The summed E-state index contributed by atoms with van der Waals surface area (Å²) >= 11 is 4.90. The first-order valence-corrected chi connectivity index (χ1v) is 9.28. The van der Waals surface area contributed by atoms with Gasteiger partial charge in [-0.25, -0.2) is 13.6 Å². The van der Waals surface area contributed by atoms with E-state index < -0.39 is 42.1 Å². The summed E-state index contributed by atoms with van der Waals surface area (Å²) < 4.78 is 44.1. The van der Waals surface area contributed by atoms with Gasteiger partial charge in [0.25, 0.3) is 0 Å². The van der Waals surface area contributed by atoms with Gasteiger partial charge in [0, 0.05) is 36.4 Å². The van der Waals surface area contributed by atoms with Crippen LogP contribution in [-0.2, 0) is 25.5 Å². The van der Waals surface area contributed by atoms with Crippen LogP contribution in [0, 0.1) is 11.6 Å². The molecule has 0 saturated carbocycles. The average Bonchev–Trinajstić information content (AvgIpc) is 2.92. The molecule has 1 aromatic rings. The summed E-state index contributed by atoms with van der Waals surface area (Å²) in [5.74, 6) is -3.21. The number of halogens is 2. The number of nitrogens with zero attached hydrogens (tertiary/aromatic N) is 1. The number of carbonyl (C=O) groups is 2. The Hall–Kier alpha value is -2.79. The highest BCUT2D eigenvalue weighted by molar-refractivity contribution is 7.82. The Morgan fingerprint density at radius 3 is 2.86 bits per heavy atom. The Kier molecular flexibility index (Phi) is 4.87. The zero-order valence-electron chi connectivity index (χ0n) is 15.1. The third-order valence-corrected chi connectivity index (χ3v) is 5.10. The van der Waals surface area contributed by atoms with Gasteiger partial charge in [0.15, 0.2) is 11.6 Å². The zero-order chi connectivity index (χ0) is 20.8. The van der Waals surface area contributed by atoms with Gasteiger partial charge in [-0.3, -0.25) is 15.0 Å². The summed E-state index contributed by atoms with van der Waals surface area (Å²) in [4.78, 5) is 25.8. The molecule has 0 aromatic heterocycles. The van der Waals surface area contributed by atoms with Crippen molar-refractivity contribution in [3.63, 3.8) is 0 Å². The molecule has 11 heteroatoms. The van der Waals surface area contributed by atoms with E-state index in [1.807, 2.05) is 0 Å². The molecular formula is C18H17F2N3O5S. The molecule has 3 heterocycles. The summed E-state index contributed by atoms with van der Waals surface area (Å²) in [7, 11) is 0. The summed E-state index contributed by atoms with van der Waals surface area (Å²) in [5.41, 5.74) is 6.56. The van der Waals surface area contributed by atoms with Crippen molar-refractivity contribution in [2.75, 3.05) is 13.2 Å². The maximum absolute atomic E-state index is 14.0. The maximum atomic E-state index is 14.0. The lowest BCUT2D eigenvalue weighted by Crippen LogP contribution is -2.62. The minimum atomic E-state index is -1.98. The number of esters is 2. The molecule has 2 atom stereocenters. The predicted octanol–water partition coefficient (Wildman–Crippen LogP) is 0.835. The van der Waals surface area contributed by atoms with E-state index in [1.54, 1.807) is 0 Å². The van der Waals surface area contributed by atoms with E-state index in [4.69, 9.17) is 32.2 Å². The number of hydrogen-bond donors (Lipinski definition) is 2. The molecule has 4 rings (SSSR count). The van der Waals surface area contributed by atoms with Gasteiger partial charge in [0.05, 0.1) is 12.5 Å². The Morgan fingerprint density at radius 1 is 1.31 bits per heavy atom. The van der Waals surface area contributed by atoms with Gasteiger partial charge in [0.1, 0.15) is 17.3 Å². The molecule has 1 saturated heterocycles. The molecule has 0 aliphatic carbocycles. The topological polar surface area (TPSA) is 103 Å². The Bertz CT molecular complexity index is 940. The van der Waals surface area contributed by atoms with Crippen LogP contribution in [0.3, 0.4) is 0 Å². The molecule has 29 heavy (non-hydrogen) atoms. The van der Waals surface area contributed by atoms with E-state index in [2.05, 4.69) is 5.32 Å². The van der Waals surface area contributed by atoms with Gasteiger partial charge in [-0.05, 0) is 12.6 Å². The number of thiocarbonyl (C=S) groups is 1. The van der Waals surface area contributed by atoms with Crippen LogP contribution >= 0.6 is 12.2 Å². The highest BCUT2D eigenvalue weighted by atomic mass is 32.1. The van der Waals surface area contributed by atoms with Crippen LogP contribution in [-0.4, -0.2) is 46.9 Å². The van der Waals surface area contributed by atoms with Crippen molar-refractivity contribution in [2.24, 2.45) is 5.73 Å². The van der Waals surface area contributed by atoms with Crippen molar-refractivity contribution < 1.29 is 32.6 Å². The quantitative estimate of drug-likeness (QED) is 0.539. The molecule has 8 nitrogen and oxygen atoms in total. The molecule has 1 aromatic carbocycles. The van der Waals surface area contributed by atoms with E-state index in [-0.39, 0.29) is 30.2 Å². The van der Waals surface area contributed by atoms with Gasteiger partial charge in [-0.15, -0.1) is 0 Å². The van der Waals surface area contributed by atoms with Crippen molar-refractivity contribution in [3.05, 3.63) is 41.2 Å². The fourth-order valence-electron chi connectivity index (χ4n) is 3.66. The number of benzene rings is 1. The second kappa shape index (κ2) is 7.23. The normalized spacial score (nSPS) is 26.2. The first kappa shape index (κ1) is 19.5. The molecule has 3 aliphatic heterocycles. The fraction of sp³-hybridized carbons (Fsp3) is 0.389. The number of ether oxygens (including phenoxy) is 3. The summed E-state index contributed by atoms with van der Waals surface area (Å²) in [5, 5.41) is 2.78. The highest BCUT2D eigenvalue weighted by Gasteiger charge is 2.55. The Balaban J connectivity index is 1.71. The van der Waals surface area contributed by atoms with Crippen LogP contribution in [0.25, 0.3) is 0 Å². The SMILES string of the molecule is NCCC1=CNC2(OC(=O)CC(=S)C(=O)O2)N1[C@H]1COc2c(F)cc(F)cc2C1. The summed E-state index contributed by atoms with van der Waals surface area (Å²) in [6.45, 7) is 0.230. The van der Waals surface area contributed by atoms with Crippen molar-refractivity contribution in [2.45, 2.75) is 31.3 Å². The van der Waals surface area contributed by atoms with Gasteiger partial charge in [-0.2, -0.15) is 0 Å². The molecule has 0 bridgehead atoms. The van der Waals surface area contributed by atoms with E-state index in [0.29, 0.717) is 17.7 Å². The molecule has 1 fully saturated rings. The lowest BCUT2D eigenvalue weighted by molar-refractivity contribution is -0.286. The number of nitrogens with one attached hydrogen (secondary N) is 1. The lowest BCUT2D eigenvalue weighted by Gasteiger charge is -2.43.